The number of hydrogen-bond acceptors (Lipinski definition) is 5. The van der Waals surface area contributed by atoms with Crippen molar-refractivity contribution in [1.82, 2.24) is 13.7 Å². The highest BCUT2D eigenvalue weighted by atomic mass is 19.1. The van der Waals surface area contributed by atoms with Gasteiger partial charge in [-0.05, 0) is 55.7 Å². The minimum absolute atomic E-state index is 0.0132. The highest BCUT2D eigenvalue weighted by Gasteiger charge is 2.31. The largest absolute Gasteiger partial charge is 0.478 e. The van der Waals surface area contributed by atoms with Crippen molar-refractivity contribution in [2.24, 2.45) is 7.05 Å². The number of pyridine rings is 1. The van der Waals surface area contributed by atoms with E-state index in [-0.39, 0.29) is 39.7 Å². The predicted molar refractivity (Wildman–Crippen MR) is 129 cm³/mol. The summed E-state index contributed by atoms with van der Waals surface area (Å²) in [4.78, 5) is 51.7. The van der Waals surface area contributed by atoms with Crippen LogP contribution in [0.3, 0.4) is 0 Å². The Balaban J connectivity index is 1.90. The molecule has 0 unspecified atom stereocenters. The maximum absolute atomic E-state index is 14.6. The summed E-state index contributed by atoms with van der Waals surface area (Å²) in [7, 11) is 1.42. The van der Waals surface area contributed by atoms with E-state index in [2.05, 4.69) is 5.32 Å². The molecule has 1 aliphatic rings. The van der Waals surface area contributed by atoms with Crippen LogP contribution in [0.2, 0.25) is 0 Å². The Morgan fingerprint density at radius 2 is 1.80 bits per heavy atom. The monoisotopic (exact) mass is 476 g/mol. The molecular weight excluding hydrogens is 455 g/mol. The van der Waals surface area contributed by atoms with Crippen molar-refractivity contribution >= 4 is 28.4 Å². The molecule has 10 heteroatoms. The van der Waals surface area contributed by atoms with Crippen LogP contribution in [0.15, 0.2) is 62.9 Å². The fourth-order valence-corrected chi connectivity index (χ4v) is 4.19. The van der Waals surface area contributed by atoms with Crippen molar-refractivity contribution in [1.29, 1.82) is 0 Å². The number of nitrogens with zero attached hydrogens (tertiary/aromatic N) is 3. The Hall–Kier alpha value is -4.47. The zero-order valence-electron chi connectivity index (χ0n) is 18.9. The maximum atomic E-state index is 14.6. The molecular formula is C25H21FN4O5. The van der Waals surface area contributed by atoms with E-state index in [0.29, 0.717) is 18.4 Å². The SMILES string of the molecule is Cc1ccc(Nc2cc(=O)n(C)c3c2c(=O)n(C2CC2)c(=O)n3-c2cccc(C(=O)O)c2)c(F)c1. The number of halogens is 1. The molecule has 5 rings (SSSR count). The second-order valence-electron chi connectivity index (χ2n) is 8.64. The van der Waals surface area contributed by atoms with Gasteiger partial charge in [-0.2, -0.15) is 0 Å². The summed E-state index contributed by atoms with van der Waals surface area (Å²) in [6.45, 7) is 1.73. The minimum Gasteiger partial charge on any atom is -0.478 e. The lowest BCUT2D eigenvalue weighted by Gasteiger charge is -2.19. The molecule has 0 bridgehead atoms. The molecule has 35 heavy (non-hydrogen) atoms. The summed E-state index contributed by atoms with van der Waals surface area (Å²) in [6.07, 6.45) is 1.27. The topological polar surface area (TPSA) is 115 Å². The first-order chi connectivity index (χ1) is 16.7. The van der Waals surface area contributed by atoms with E-state index >= 15 is 0 Å². The van der Waals surface area contributed by atoms with Gasteiger partial charge in [-0.3, -0.25) is 18.7 Å². The van der Waals surface area contributed by atoms with Gasteiger partial charge in [0.05, 0.1) is 22.6 Å². The molecule has 1 saturated carbocycles. The number of carboxylic acid groups (broad SMARTS) is 1. The third kappa shape index (κ3) is 3.72. The Labute approximate surface area is 197 Å². The van der Waals surface area contributed by atoms with Gasteiger partial charge in [0.2, 0.25) is 0 Å². The molecule has 0 radical (unpaired) electrons. The number of aromatic nitrogens is 3. The number of carbonyl (C=O) groups is 1. The third-order valence-electron chi connectivity index (χ3n) is 6.11. The van der Waals surface area contributed by atoms with Crippen molar-refractivity contribution in [3.05, 3.63) is 96.7 Å². The summed E-state index contributed by atoms with van der Waals surface area (Å²) in [5, 5.41) is 12.3. The van der Waals surface area contributed by atoms with Gasteiger partial charge in [0.15, 0.2) is 0 Å². The van der Waals surface area contributed by atoms with Crippen molar-refractivity contribution < 1.29 is 14.3 Å². The van der Waals surface area contributed by atoms with Crippen LogP contribution in [0.4, 0.5) is 15.8 Å². The van der Waals surface area contributed by atoms with E-state index in [1.54, 1.807) is 13.0 Å². The Morgan fingerprint density at radius 3 is 2.46 bits per heavy atom. The molecule has 1 fully saturated rings. The molecule has 0 amide bonds. The van der Waals surface area contributed by atoms with E-state index in [0.717, 1.165) is 9.13 Å². The standard InChI is InChI=1S/C25H21FN4O5/c1-13-6-9-18(17(26)10-13)27-19-12-20(31)28(2)22-21(19)23(32)30(15-7-8-15)25(35)29(22)16-5-3-4-14(11-16)24(33)34/h3-6,9-12,15,27H,7-8H2,1-2H3,(H,33,34). The van der Waals surface area contributed by atoms with Gasteiger partial charge < -0.3 is 10.4 Å². The first-order valence-electron chi connectivity index (χ1n) is 11.0. The summed E-state index contributed by atoms with van der Waals surface area (Å²) in [5.74, 6) is -1.75. The quantitative estimate of drug-likeness (QED) is 0.458. The van der Waals surface area contributed by atoms with Crippen molar-refractivity contribution in [2.75, 3.05) is 5.32 Å². The van der Waals surface area contributed by atoms with Crippen molar-refractivity contribution in [3.8, 4) is 5.69 Å². The first-order valence-corrected chi connectivity index (χ1v) is 11.0. The number of anilines is 2. The zero-order chi connectivity index (χ0) is 25.0. The van der Waals surface area contributed by atoms with E-state index < -0.39 is 28.6 Å². The van der Waals surface area contributed by atoms with E-state index in [9.17, 15) is 28.7 Å². The number of aromatic carboxylic acids is 1. The molecule has 4 aromatic rings. The van der Waals surface area contributed by atoms with Crippen LogP contribution >= 0.6 is 0 Å². The van der Waals surface area contributed by atoms with Gasteiger partial charge in [-0.1, -0.05) is 12.1 Å². The van der Waals surface area contributed by atoms with Crippen LogP contribution in [0.5, 0.6) is 0 Å². The fraction of sp³-hybridized carbons (Fsp3) is 0.200. The Bertz CT molecular complexity index is 1710. The number of nitrogens with one attached hydrogen (secondary N) is 1. The van der Waals surface area contributed by atoms with Gasteiger partial charge in [-0.15, -0.1) is 0 Å². The highest BCUT2D eigenvalue weighted by Crippen LogP contribution is 2.33. The lowest BCUT2D eigenvalue weighted by atomic mass is 10.1. The van der Waals surface area contributed by atoms with Gasteiger partial charge >= 0.3 is 11.7 Å². The number of aryl methyl sites for hydroxylation is 2. The highest BCUT2D eigenvalue weighted by molar-refractivity contribution is 5.92. The minimum atomic E-state index is -1.19. The number of hydrogen-bond donors (Lipinski definition) is 2. The van der Waals surface area contributed by atoms with E-state index in [1.165, 1.54) is 54.1 Å². The lowest BCUT2D eigenvalue weighted by Crippen LogP contribution is -2.41. The van der Waals surface area contributed by atoms with Crippen molar-refractivity contribution in [3.63, 3.8) is 0 Å². The Morgan fingerprint density at radius 1 is 1.06 bits per heavy atom. The van der Waals surface area contributed by atoms with Gasteiger partial charge in [0.25, 0.3) is 11.1 Å². The smallest absolute Gasteiger partial charge is 0.337 e. The van der Waals surface area contributed by atoms with Crippen LogP contribution in [0.1, 0.15) is 34.8 Å². The molecule has 0 atom stereocenters. The number of fused-ring (bicyclic) bond motifs is 1. The van der Waals surface area contributed by atoms with Crippen molar-refractivity contribution in [2.45, 2.75) is 25.8 Å². The fourth-order valence-electron chi connectivity index (χ4n) is 4.19. The van der Waals surface area contributed by atoms with Crippen LogP contribution < -0.4 is 22.1 Å². The summed E-state index contributed by atoms with van der Waals surface area (Å²) < 4.78 is 18.1. The Kier molecular flexibility index (Phi) is 5.16. The lowest BCUT2D eigenvalue weighted by molar-refractivity contribution is 0.0697. The maximum Gasteiger partial charge on any atom is 0.337 e. The molecule has 9 nitrogen and oxygen atoms in total. The summed E-state index contributed by atoms with van der Waals surface area (Å²) in [6, 6.07) is 11.1. The first kappa shape index (κ1) is 22.3. The molecule has 2 N–H and O–H groups in total. The molecule has 2 aromatic heterocycles. The molecule has 2 heterocycles. The average molecular weight is 476 g/mol. The van der Waals surface area contributed by atoms with Crippen LogP contribution in [-0.2, 0) is 7.05 Å². The van der Waals surface area contributed by atoms with E-state index in [4.69, 9.17) is 0 Å². The van der Waals surface area contributed by atoms with Crippen LogP contribution in [0, 0.1) is 12.7 Å². The van der Waals surface area contributed by atoms with Gasteiger partial charge in [0.1, 0.15) is 16.9 Å². The van der Waals surface area contributed by atoms with Crippen LogP contribution in [-0.4, -0.2) is 24.8 Å². The average Bonchev–Trinajstić information content (AvgIpc) is 3.64. The molecule has 0 spiro atoms. The molecule has 1 aliphatic carbocycles. The molecule has 2 aromatic carbocycles. The molecule has 0 aliphatic heterocycles. The zero-order valence-corrected chi connectivity index (χ0v) is 18.9. The van der Waals surface area contributed by atoms with E-state index in [1.807, 2.05) is 0 Å². The second kappa shape index (κ2) is 8.08. The van der Waals surface area contributed by atoms with Gasteiger partial charge in [0, 0.05) is 19.2 Å². The van der Waals surface area contributed by atoms with Crippen LogP contribution in [0.25, 0.3) is 16.7 Å². The predicted octanol–water partition coefficient (Wildman–Crippen LogP) is 3.08. The normalized spacial score (nSPS) is 13.2. The van der Waals surface area contributed by atoms with Gasteiger partial charge in [-0.25, -0.2) is 18.5 Å². The third-order valence-corrected chi connectivity index (χ3v) is 6.11. The summed E-state index contributed by atoms with van der Waals surface area (Å²) in [5.41, 5.74) is -0.923. The summed E-state index contributed by atoms with van der Waals surface area (Å²) >= 11 is 0. The number of benzene rings is 2. The second-order valence-corrected chi connectivity index (χ2v) is 8.64. The molecule has 0 saturated heterocycles. The number of rotatable bonds is 5. The molecule has 178 valence electrons. The number of carboxylic acids is 1.